The highest BCUT2D eigenvalue weighted by Crippen LogP contribution is 2.22. The van der Waals surface area contributed by atoms with E-state index in [2.05, 4.69) is 31.1 Å². The second kappa shape index (κ2) is 7.31. The van der Waals surface area contributed by atoms with E-state index in [-0.39, 0.29) is 0 Å². The maximum atomic E-state index is 5.98. The van der Waals surface area contributed by atoms with Gasteiger partial charge in [-0.15, -0.1) is 11.3 Å². The summed E-state index contributed by atoms with van der Waals surface area (Å²) in [4.78, 5) is 7.02. The molecule has 2 aromatic heterocycles. The third kappa shape index (κ3) is 3.69. The van der Waals surface area contributed by atoms with Crippen molar-refractivity contribution in [2.24, 2.45) is 5.92 Å². The number of aryl methyl sites for hydroxylation is 1. The van der Waals surface area contributed by atoms with E-state index in [1.165, 1.54) is 5.69 Å². The van der Waals surface area contributed by atoms with Gasteiger partial charge in [-0.3, -0.25) is 9.58 Å². The van der Waals surface area contributed by atoms with Crippen LogP contribution in [0.1, 0.15) is 22.8 Å². The summed E-state index contributed by atoms with van der Waals surface area (Å²) in [5, 5.41) is 7.66. The van der Waals surface area contributed by atoms with Gasteiger partial charge in [0.1, 0.15) is 0 Å². The van der Waals surface area contributed by atoms with E-state index in [4.69, 9.17) is 9.47 Å². The molecule has 0 bridgehead atoms. The Balaban J connectivity index is 1.39. The summed E-state index contributed by atoms with van der Waals surface area (Å²) in [6.45, 7) is 8.00. The number of ether oxygens (including phenoxy) is 2. The fourth-order valence-corrected chi connectivity index (χ4v) is 4.16. The van der Waals surface area contributed by atoms with Gasteiger partial charge in [0.15, 0.2) is 0 Å². The Labute approximate surface area is 146 Å². The van der Waals surface area contributed by atoms with Gasteiger partial charge in [-0.25, -0.2) is 4.98 Å². The molecule has 0 amide bonds. The average Bonchev–Trinajstić information content (AvgIpc) is 3.29. The van der Waals surface area contributed by atoms with Crippen LogP contribution in [-0.4, -0.2) is 52.1 Å². The van der Waals surface area contributed by atoms with Crippen LogP contribution in [0.25, 0.3) is 0 Å². The lowest BCUT2D eigenvalue weighted by molar-refractivity contribution is 0.0547. The number of hydrogen-bond acceptors (Lipinski definition) is 6. The highest BCUT2D eigenvalue weighted by molar-refractivity contribution is 7.09. The number of nitrogens with zero attached hydrogens (tertiary/aromatic N) is 4. The molecule has 0 N–H and O–H groups in total. The second-order valence-electron chi connectivity index (χ2n) is 6.69. The van der Waals surface area contributed by atoms with Crippen molar-refractivity contribution in [3.8, 4) is 0 Å². The second-order valence-corrected chi connectivity index (χ2v) is 7.75. The topological polar surface area (TPSA) is 52.4 Å². The van der Waals surface area contributed by atoms with Gasteiger partial charge in [0.25, 0.3) is 0 Å². The van der Waals surface area contributed by atoms with Gasteiger partial charge < -0.3 is 9.47 Å². The van der Waals surface area contributed by atoms with Crippen molar-refractivity contribution in [3.05, 3.63) is 34.0 Å². The Morgan fingerprint density at radius 1 is 1.42 bits per heavy atom. The minimum atomic E-state index is 0.437. The molecule has 2 aromatic rings. The molecular weight excluding hydrogens is 324 g/mol. The van der Waals surface area contributed by atoms with Gasteiger partial charge in [0.05, 0.1) is 36.2 Å². The van der Waals surface area contributed by atoms with Crippen LogP contribution in [0.5, 0.6) is 0 Å². The van der Waals surface area contributed by atoms with Crippen molar-refractivity contribution < 1.29 is 9.47 Å². The van der Waals surface area contributed by atoms with Gasteiger partial charge in [0.2, 0.25) is 0 Å². The Hall–Kier alpha value is -1.28. The highest BCUT2D eigenvalue weighted by atomic mass is 32.1. The zero-order chi connectivity index (χ0) is 16.4. The molecule has 0 radical (unpaired) electrons. The van der Waals surface area contributed by atoms with Gasteiger partial charge in [-0.05, 0) is 19.4 Å². The first-order chi connectivity index (χ1) is 11.8. The molecule has 2 aliphatic rings. The van der Waals surface area contributed by atoms with Gasteiger partial charge in [-0.1, -0.05) is 0 Å². The fourth-order valence-electron chi connectivity index (χ4n) is 3.56. The maximum Gasteiger partial charge on any atom is 0.0898 e. The Morgan fingerprint density at radius 3 is 3.17 bits per heavy atom. The van der Waals surface area contributed by atoms with Crippen molar-refractivity contribution in [3.63, 3.8) is 0 Å². The van der Waals surface area contributed by atoms with Crippen molar-refractivity contribution in [2.45, 2.75) is 39.1 Å². The van der Waals surface area contributed by atoms with Gasteiger partial charge >= 0.3 is 0 Å². The normalized spacial score (nSPS) is 24.9. The zero-order valence-electron chi connectivity index (χ0n) is 14.1. The first kappa shape index (κ1) is 16.2. The summed E-state index contributed by atoms with van der Waals surface area (Å²) in [6, 6.07) is 2.65. The monoisotopic (exact) mass is 348 g/mol. The lowest BCUT2D eigenvalue weighted by atomic mass is 10.1. The molecule has 0 saturated carbocycles. The van der Waals surface area contributed by atoms with Crippen molar-refractivity contribution in [1.29, 1.82) is 0 Å². The number of aromatic nitrogens is 3. The smallest absolute Gasteiger partial charge is 0.0898 e. The van der Waals surface area contributed by atoms with Crippen LogP contribution in [0.15, 0.2) is 17.6 Å². The lowest BCUT2D eigenvalue weighted by Gasteiger charge is -2.28. The van der Waals surface area contributed by atoms with E-state index < -0.39 is 0 Å². The van der Waals surface area contributed by atoms with E-state index in [9.17, 15) is 0 Å². The minimum absolute atomic E-state index is 0.437. The predicted octanol–water partition coefficient (Wildman–Crippen LogP) is 2.09. The summed E-state index contributed by atoms with van der Waals surface area (Å²) >= 11 is 1.68. The van der Waals surface area contributed by atoms with E-state index >= 15 is 0 Å². The SMILES string of the molecule is Cc1nc(COC[C@H]2CN([C@@H]3CCOC3)Cc3ccnn3C2)cs1. The molecule has 2 aliphatic heterocycles. The van der Waals surface area contributed by atoms with Crippen LogP contribution >= 0.6 is 11.3 Å². The Morgan fingerprint density at radius 2 is 2.38 bits per heavy atom. The van der Waals surface area contributed by atoms with Gasteiger partial charge in [0, 0.05) is 49.8 Å². The molecule has 6 nitrogen and oxygen atoms in total. The largest absolute Gasteiger partial charge is 0.380 e. The van der Waals surface area contributed by atoms with E-state index in [1.54, 1.807) is 11.3 Å². The Bertz CT molecular complexity index is 665. The maximum absolute atomic E-state index is 5.98. The van der Waals surface area contributed by atoms with Crippen LogP contribution < -0.4 is 0 Å². The molecule has 4 rings (SSSR count). The van der Waals surface area contributed by atoms with E-state index in [0.717, 1.165) is 56.6 Å². The fraction of sp³-hybridized carbons (Fsp3) is 0.647. The molecule has 0 unspecified atom stereocenters. The molecule has 1 saturated heterocycles. The summed E-state index contributed by atoms with van der Waals surface area (Å²) < 4.78 is 13.7. The molecule has 130 valence electrons. The first-order valence-electron chi connectivity index (χ1n) is 8.59. The van der Waals surface area contributed by atoms with Crippen molar-refractivity contribution >= 4 is 11.3 Å². The number of hydrogen-bond donors (Lipinski definition) is 0. The minimum Gasteiger partial charge on any atom is -0.380 e. The summed E-state index contributed by atoms with van der Waals surface area (Å²) in [6.07, 6.45) is 3.03. The van der Waals surface area contributed by atoms with Gasteiger partial charge in [-0.2, -0.15) is 5.10 Å². The summed E-state index contributed by atoms with van der Waals surface area (Å²) in [5.74, 6) is 0.437. The zero-order valence-corrected chi connectivity index (χ0v) is 14.9. The summed E-state index contributed by atoms with van der Waals surface area (Å²) in [5.41, 5.74) is 2.33. The van der Waals surface area contributed by atoms with Crippen molar-refractivity contribution in [1.82, 2.24) is 19.7 Å². The molecule has 1 fully saturated rings. The average molecular weight is 348 g/mol. The molecule has 0 aliphatic carbocycles. The molecule has 4 heterocycles. The quantitative estimate of drug-likeness (QED) is 0.828. The molecular formula is C17H24N4O2S. The van der Waals surface area contributed by atoms with Crippen LogP contribution in [0.3, 0.4) is 0 Å². The third-order valence-electron chi connectivity index (χ3n) is 4.79. The standard InChI is InChI=1S/C17H24N4O2S/c1-13-19-15(12-24-13)10-23-9-14-6-20(17-3-5-22-11-17)8-16-2-4-18-21(16)7-14/h2,4,12,14,17H,3,5-11H2,1H3/t14-,17+/m0/s1. The number of rotatable bonds is 5. The predicted molar refractivity (Wildman–Crippen MR) is 91.9 cm³/mol. The van der Waals surface area contributed by atoms with E-state index in [1.807, 2.05) is 13.1 Å². The van der Waals surface area contributed by atoms with Crippen LogP contribution in [0, 0.1) is 12.8 Å². The van der Waals surface area contributed by atoms with E-state index in [0.29, 0.717) is 18.6 Å². The molecule has 0 aromatic carbocycles. The third-order valence-corrected chi connectivity index (χ3v) is 5.61. The highest BCUT2D eigenvalue weighted by Gasteiger charge is 2.29. The number of thiazole rings is 1. The first-order valence-corrected chi connectivity index (χ1v) is 9.47. The Kier molecular flexibility index (Phi) is 4.93. The number of fused-ring (bicyclic) bond motifs is 1. The molecule has 7 heteroatoms. The summed E-state index contributed by atoms with van der Waals surface area (Å²) in [7, 11) is 0. The van der Waals surface area contributed by atoms with Crippen LogP contribution in [0.4, 0.5) is 0 Å². The van der Waals surface area contributed by atoms with Crippen LogP contribution in [0.2, 0.25) is 0 Å². The van der Waals surface area contributed by atoms with Crippen molar-refractivity contribution in [2.75, 3.05) is 26.4 Å². The molecule has 24 heavy (non-hydrogen) atoms. The molecule has 0 spiro atoms. The van der Waals surface area contributed by atoms with Crippen LogP contribution in [-0.2, 0) is 29.2 Å². The lowest BCUT2D eigenvalue weighted by Crippen LogP contribution is -2.38. The molecule has 2 atom stereocenters.